The summed E-state index contributed by atoms with van der Waals surface area (Å²) in [7, 11) is 0. The Morgan fingerprint density at radius 1 is 1.29 bits per heavy atom. The van der Waals surface area contributed by atoms with Crippen LogP contribution >= 0.6 is 11.3 Å². The van der Waals surface area contributed by atoms with Crippen LogP contribution in [0.5, 0.6) is 0 Å². The molecule has 2 amide bonds. The summed E-state index contributed by atoms with van der Waals surface area (Å²) >= 11 is 1.45. The van der Waals surface area contributed by atoms with Crippen molar-refractivity contribution in [2.45, 2.75) is 37.8 Å². The molecule has 0 aromatic carbocycles. The van der Waals surface area contributed by atoms with Crippen molar-refractivity contribution in [1.82, 2.24) is 10.2 Å². The van der Waals surface area contributed by atoms with Crippen molar-refractivity contribution >= 4 is 23.2 Å². The Morgan fingerprint density at radius 2 is 2.10 bits per heavy atom. The van der Waals surface area contributed by atoms with E-state index in [4.69, 9.17) is 4.74 Å². The second-order valence-corrected chi connectivity index (χ2v) is 6.50. The molecule has 2 fully saturated rings. The Bertz CT molecular complexity index is 489. The van der Waals surface area contributed by atoms with Gasteiger partial charge in [0.2, 0.25) is 0 Å². The van der Waals surface area contributed by atoms with Gasteiger partial charge in [0.25, 0.3) is 11.8 Å². The minimum atomic E-state index is -0.234. The first-order valence-electron chi connectivity index (χ1n) is 7.49. The predicted molar refractivity (Wildman–Crippen MR) is 80.4 cm³/mol. The molecule has 1 unspecified atom stereocenters. The molecule has 1 aromatic rings. The average Bonchev–Trinajstić information content (AvgIpc) is 3.20. The fourth-order valence-electron chi connectivity index (χ4n) is 2.88. The molecule has 1 atom stereocenters. The maximum Gasteiger partial charge on any atom is 0.261 e. The highest BCUT2D eigenvalue weighted by Crippen LogP contribution is 2.19. The van der Waals surface area contributed by atoms with E-state index in [1.54, 1.807) is 0 Å². The summed E-state index contributed by atoms with van der Waals surface area (Å²) in [6.07, 6.45) is 3.21. The van der Waals surface area contributed by atoms with Crippen molar-refractivity contribution in [1.29, 1.82) is 0 Å². The van der Waals surface area contributed by atoms with E-state index in [2.05, 4.69) is 5.32 Å². The number of nitrogens with zero attached hydrogens (tertiary/aromatic N) is 1. The summed E-state index contributed by atoms with van der Waals surface area (Å²) in [5.74, 6) is 0.115. The van der Waals surface area contributed by atoms with Crippen LogP contribution in [0.3, 0.4) is 0 Å². The molecular weight excluding hydrogens is 288 g/mol. The molecule has 3 rings (SSSR count). The van der Waals surface area contributed by atoms with Gasteiger partial charge in [-0.2, -0.15) is 0 Å². The maximum absolute atomic E-state index is 12.2. The van der Waals surface area contributed by atoms with Gasteiger partial charge in [-0.25, -0.2) is 0 Å². The van der Waals surface area contributed by atoms with E-state index in [1.807, 2.05) is 22.4 Å². The first-order valence-corrected chi connectivity index (χ1v) is 8.37. The van der Waals surface area contributed by atoms with Crippen LogP contribution in [-0.4, -0.2) is 48.6 Å². The number of amides is 2. The molecule has 2 aliphatic rings. The number of rotatable bonds is 3. The first kappa shape index (κ1) is 14.5. The van der Waals surface area contributed by atoms with E-state index >= 15 is 0 Å². The van der Waals surface area contributed by atoms with Gasteiger partial charge >= 0.3 is 0 Å². The third kappa shape index (κ3) is 3.44. The number of hydrogen-bond acceptors (Lipinski definition) is 4. The van der Waals surface area contributed by atoms with Crippen molar-refractivity contribution in [3.63, 3.8) is 0 Å². The SMILES string of the molecule is O=C(NC1CCN(C(=O)C2CCCO2)CC1)c1cccs1. The molecule has 1 aromatic heterocycles. The first-order chi connectivity index (χ1) is 10.2. The molecule has 1 N–H and O–H groups in total. The normalized spacial score (nSPS) is 23.2. The monoisotopic (exact) mass is 308 g/mol. The molecule has 0 spiro atoms. The van der Waals surface area contributed by atoms with Crippen molar-refractivity contribution in [3.05, 3.63) is 22.4 Å². The second-order valence-electron chi connectivity index (χ2n) is 5.55. The van der Waals surface area contributed by atoms with Gasteiger partial charge < -0.3 is 15.0 Å². The van der Waals surface area contributed by atoms with E-state index < -0.39 is 0 Å². The third-order valence-corrected chi connectivity index (χ3v) is 4.96. The fourth-order valence-corrected chi connectivity index (χ4v) is 3.51. The fraction of sp³-hybridized carbons (Fsp3) is 0.600. The van der Waals surface area contributed by atoms with Crippen molar-refractivity contribution < 1.29 is 14.3 Å². The standard InChI is InChI=1S/C15H20N2O3S/c18-14(13-4-2-10-21-13)16-11-5-7-17(8-6-11)15(19)12-3-1-9-20-12/h2,4,10-12H,1,3,5-9H2,(H,16,18). The van der Waals surface area contributed by atoms with Gasteiger partial charge in [0.15, 0.2) is 0 Å². The summed E-state index contributed by atoms with van der Waals surface area (Å²) in [5.41, 5.74) is 0. The summed E-state index contributed by atoms with van der Waals surface area (Å²) in [5, 5.41) is 4.95. The minimum Gasteiger partial charge on any atom is -0.368 e. The summed E-state index contributed by atoms with van der Waals surface area (Å²) in [6, 6.07) is 3.87. The van der Waals surface area contributed by atoms with E-state index in [1.165, 1.54) is 11.3 Å². The van der Waals surface area contributed by atoms with Crippen LogP contribution in [0, 0.1) is 0 Å². The molecule has 0 aliphatic carbocycles. The summed E-state index contributed by atoms with van der Waals surface area (Å²) in [4.78, 5) is 26.9. The molecule has 114 valence electrons. The molecule has 0 radical (unpaired) electrons. The van der Waals surface area contributed by atoms with Crippen LogP contribution in [-0.2, 0) is 9.53 Å². The number of carbonyl (C=O) groups is 2. The molecular formula is C15H20N2O3S. The highest BCUT2D eigenvalue weighted by molar-refractivity contribution is 7.12. The second kappa shape index (κ2) is 6.58. The van der Waals surface area contributed by atoms with Gasteiger partial charge in [0.05, 0.1) is 4.88 Å². The van der Waals surface area contributed by atoms with Gasteiger partial charge in [0, 0.05) is 25.7 Å². The topological polar surface area (TPSA) is 58.6 Å². The number of hydrogen-bond donors (Lipinski definition) is 1. The molecule has 21 heavy (non-hydrogen) atoms. The van der Waals surface area contributed by atoms with Crippen LogP contribution in [0.1, 0.15) is 35.4 Å². The van der Waals surface area contributed by atoms with Gasteiger partial charge in [0.1, 0.15) is 6.10 Å². The summed E-state index contributed by atoms with van der Waals surface area (Å²) in [6.45, 7) is 2.10. The predicted octanol–water partition coefficient (Wildman–Crippen LogP) is 1.65. The smallest absolute Gasteiger partial charge is 0.261 e. The number of nitrogens with one attached hydrogen (secondary N) is 1. The highest BCUT2D eigenvalue weighted by Gasteiger charge is 2.31. The zero-order valence-electron chi connectivity index (χ0n) is 11.9. The van der Waals surface area contributed by atoms with Crippen molar-refractivity contribution in [2.75, 3.05) is 19.7 Å². The van der Waals surface area contributed by atoms with Crippen molar-refractivity contribution in [2.24, 2.45) is 0 Å². The third-order valence-electron chi connectivity index (χ3n) is 4.09. The average molecular weight is 308 g/mol. The number of carbonyl (C=O) groups excluding carboxylic acids is 2. The van der Waals surface area contributed by atoms with E-state index in [-0.39, 0.29) is 24.0 Å². The summed E-state index contributed by atoms with van der Waals surface area (Å²) < 4.78 is 5.45. The number of thiophene rings is 1. The number of piperidine rings is 1. The molecule has 6 heteroatoms. The minimum absolute atomic E-state index is 0.00565. The van der Waals surface area contributed by atoms with Crippen LogP contribution in [0.15, 0.2) is 17.5 Å². The lowest BCUT2D eigenvalue weighted by molar-refractivity contribution is -0.142. The number of likely N-dealkylation sites (tertiary alicyclic amines) is 1. The van der Waals surface area contributed by atoms with Crippen LogP contribution in [0.4, 0.5) is 0 Å². The largest absolute Gasteiger partial charge is 0.368 e. The lowest BCUT2D eigenvalue weighted by atomic mass is 10.0. The van der Waals surface area contributed by atoms with Crippen LogP contribution in [0.2, 0.25) is 0 Å². The Balaban J connectivity index is 1.46. The Labute approximate surface area is 128 Å². The zero-order chi connectivity index (χ0) is 14.7. The molecule has 0 bridgehead atoms. The van der Waals surface area contributed by atoms with Crippen LogP contribution in [0.25, 0.3) is 0 Å². The van der Waals surface area contributed by atoms with Crippen LogP contribution < -0.4 is 5.32 Å². The lowest BCUT2D eigenvalue weighted by Crippen LogP contribution is -2.49. The van der Waals surface area contributed by atoms with Gasteiger partial charge in [-0.05, 0) is 37.1 Å². The highest BCUT2D eigenvalue weighted by atomic mass is 32.1. The Hall–Kier alpha value is -1.40. The molecule has 5 nitrogen and oxygen atoms in total. The molecule has 0 saturated carbocycles. The van der Waals surface area contributed by atoms with Crippen molar-refractivity contribution in [3.8, 4) is 0 Å². The van der Waals surface area contributed by atoms with Gasteiger partial charge in [-0.15, -0.1) is 11.3 Å². The molecule has 2 aliphatic heterocycles. The lowest BCUT2D eigenvalue weighted by Gasteiger charge is -2.33. The van der Waals surface area contributed by atoms with E-state index in [0.29, 0.717) is 19.7 Å². The zero-order valence-corrected chi connectivity index (χ0v) is 12.7. The van der Waals surface area contributed by atoms with Gasteiger partial charge in [-0.1, -0.05) is 6.07 Å². The van der Waals surface area contributed by atoms with E-state index in [0.717, 1.165) is 30.6 Å². The molecule has 2 saturated heterocycles. The number of ether oxygens (including phenoxy) is 1. The Kier molecular flexibility index (Phi) is 4.55. The van der Waals surface area contributed by atoms with E-state index in [9.17, 15) is 9.59 Å². The Morgan fingerprint density at radius 3 is 2.71 bits per heavy atom. The van der Waals surface area contributed by atoms with Gasteiger partial charge in [-0.3, -0.25) is 9.59 Å². The quantitative estimate of drug-likeness (QED) is 0.923. The maximum atomic E-state index is 12.2. The molecule has 3 heterocycles.